The summed E-state index contributed by atoms with van der Waals surface area (Å²) in [7, 11) is -4.68. The summed E-state index contributed by atoms with van der Waals surface area (Å²) in [4.78, 5) is 20.2. The second-order valence-electron chi connectivity index (χ2n) is 9.40. The molecule has 1 aliphatic heterocycles. The second-order valence-corrected chi connectivity index (χ2v) is 13.9. The Balaban J connectivity index is 1.33. The third kappa shape index (κ3) is 5.22. The van der Waals surface area contributed by atoms with Gasteiger partial charge in [0.05, 0.1) is 16.3 Å². The molecule has 0 unspecified atom stereocenters. The number of aromatic nitrogens is 5. The number of piperidine rings is 1. The van der Waals surface area contributed by atoms with Gasteiger partial charge in [0.1, 0.15) is 5.82 Å². The molecule has 12 nitrogen and oxygen atoms in total. The lowest BCUT2D eigenvalue weighted by molar-refractivity contribution is 0.313. The van der Waals surface area contributed by atoms with Gasteiger partial charge in [-0.25, -0.2) is 30.8 Å². The summed E-state index contributed by atoms with van der Waals surface area (Å²) in [6, 6.07) is 12.5. The Bertz CT molecular complexity index is 1790. The highest BCUT2D eigenvalue weighted by molar-refractivity contribution is 7.89. The molecule has 1 N–H and O–H groups in total. The van der Waals surface area contributed by atoms with Crippen molar-refractivity contribution in [2.24, 2.45) is 0 Å². The fourth-order valence-corrected chi connectivity index (χ4v) is 7.05. The zero-order chi connectivity index (χ0) is 27.9. The molecular formula is C24H26ClN7O5S2. The van der Waals surface area contributed by atoms with Crippen molar-refractivity contribution >= 4 is 42.8 Å². The van der Waals surface area contributed by atoms with Crippen LogP contribution in [0.2, 0.25) is 5.02 Å². The van der Waals surface area contributed by atoms with Crippen LogP contribution in [0.25, 0.3) is 11.2 Å². The number of halogens is 1. The highest BCUT2D eigenvalue weighted by Gasteiger charge is 2.32. The van der Waals surface area contributed by atoms with Crippen LogP contribution in [-0.2, 0) is 26.6 Å². The van der Waals surface area contributed by atoms with E-state index in [-0.39, 0.29) is 40.9 Å². The van der Waals surface area contributed by atoms with Crippen molar-refractivity contribution in [3.05, 3.63) is 75.3 Å². The molecule has 0 atom stereocenters. The number of H-pyrrole nitrogens is 1. The van der Waals surface area contributed by atoms with Crippen LogP contribution in [0.4, 0.5) is 0 Å². The molecule has 2 aromatic carbocycles. The van der Waals surface area contributed by atoms with Gasteiger partial charge in [-0.1, -0.05) is 35.0 Å². The first-order valence-corrected chi connectivity index (χ1v) is 15.3. The second kappa shape index (κ2) is 10.4. The fourth-order valence-electron chi connectivity index (χ4n) is 4.48. The van der Waals surface area contributed by atoms with Crippen molar-refractivity contribution in [3.63, 3.8) is 0 Å². The monoisotopic (exact) mass is 591 g/mol. The maximum absolute atomic E-state index is 13.2. The van der Waals surface area contributed by atoms with Crippen LogP contribution in [-0.4, -0.2) is 77.6 Å². The third-order valence-corrected chi connectivity index (χ3v) is 10.9. The first-order chi connectivity index (χ1) is 18.5. The molecule has 2 aromatic heterocycles. The van der Waals surface area contributed by atoms with E-state index in [9.17, 15) is 21.6 Å². The Morgan fingerprint density at radius 1 is 1.00 bits per heavy atom. The molecule has 1 aliphatic rings. The Labute approximate surface area is 230 Å². The number of sulfonamides is 2. The van der Waals surface area contributed by atoms with Gasteiger partial charge in [-0.2, -0.15) is 4.31 Å². The van der Waals surface area contributed by atoms with Gasteiger partial charge in [0.15, 0.2) is 11.2 Å². The molecule has 1 saturated heterocycles. The molecule has 4 aromatic rings. The maximum atomic E-state index is 13.2. The highest BCUT2D eigenvalue weighted by atomic mass is 35.5. The average Bonchev–Trinajstić information content (AvgIpc) is 3.33. The van der Waals surface area contributed by atoms with Gasteiger partial charge in [0.25, 0.3) is 5.56 Å². The van der Waals surface area contributed by atoms with Crippen molar-refractivity contribution in [3.8, 4) is 0 Å². The molecule has 0 radical (unpaired) electrons. The van der Waals surface area contributed by atoms with Crippen molar-refractivity contribution < 1.29 is 16.8 Å². The molecule has 0 amide bonds. The molecular weight excluding hydrogens is 566 g/mol. The quantitative estimate of drug-likeness (QED) is 0.343. The molecule has 0 bridgehead atoms. The standard InChI is InChI=1S/C24H26ClN7O5S2/c1-30(2)38(34,35)18-7-9-19(10-8-18)39(36,37)31-13-11-16(12-14-31)22-26-23-21(24(33)27-22)28-29-32(23)15-17-5-3-4-6-20(17)25/h3-10,16H,11-15H2,1-2H3,(H,26,27,33). The van der Waals surface area contributed by atoms with Crippen LogP contribution >= 0.6 is 11.6 Å². The molecule has 1 fully saturated rings. The number of nitrogens with one attached hydrogen (secondary N) is 1. The van der Waals surface area contributed by atoms with Crippen molar-refractivity contribution in [2.45, 2.75) is 35.1 Å². The Morgan fingerprint density at radius 2 is 1.64 bits per heavy atom. The summed E-state index contributed by atoms with van der Waals surface area (Å²) in [6.07, 6.45) is 0.875. The van der Waals surface area contributed by atoms with E-state index >= 15 is 0 Å². The number of nitrogens with zero attached hydrogens (tertiary/aromatic N) is 6. The number of rotatable bonds is 7. The summed E-state index contributed by atoms with van der Waals surface area (Å²) in [5.41, 5.74) is 0.839. The minimum absolute atomic E-state index is 0.0128. The van der Waals surface area contributed by atoms with Gasteiger partial charge < -0.3 is 4.98 Å². The van der Waals surface area contributed by atoms with Gasteiger partial charge in [0.2, 0.25) is 20.0 Å². The number of hydrogen-bond acceptors (Lipinski definition) is 8. The average molecular weight is 592 g/mol. The lowest BCUT2D eigenvalue weighted by Gasteiger charge is -2.30. The molecule has 0 saturated carbocycles. The molecule has 39 heavy (non-hydrogen) atoms. The van der Waals surface area contributed by atoms with Gasteiger partial charge in [0, 0.05) is 38.1 Å². The van der Waals surface area contributed by atoms with Crippen LogP contribution in [0.3, 0.4) is 0 Å². The highest BCUT2D eigenvalue weighted by Crippen LogP contribution is 2.30. The van der Waals surface area contributed by atoms with E-state index in [0.717, 1.165) is 9.87 Å². The SMILES string of the molecule is CN(C)S(=O)(=O)c1ccc(S(=O)(=O)N2CCC(c3nc4c(nnn4Cc4ccccc4Cl)c(=O)[nH]3)CC2)cc1. The number of benzene rings is 2. The lowest BCUT2D eigenvalue weighted by atomic mass is 9.97. The zero-order valence-corrected chi connectivity index (χ0v) is 23.5. The van der Waals surface area contributed by atoms with Gasteiger partial charge in [-0.05, 0) is 48.7 Å². The first kappa shape index (κ1) is 27.4. The smallest absolute Gasteiger partial charge is 0.281 e. The number of aromatic amines is 1. The van der Waals surface area contributed by atoms with E-state index in [2.05, 4.69) is 20.3 Å². The summed E-state index contributed by atoms with van der Waals surface area (Å²) < 4.78 is 55.0. The van der Waals surface area contributed by atoms with Crippen molar-refractivity contribution in [1.82, 2.24) is 33.6 Å². The molecule has 0 aliphatic carbocycles. The summed E-state index contributed by atoms with van der Waals surface area (Å²) >= 11 is 6.28. The first-order valence-electron chi connectivity index (χ1n) is 12.1. The van der Waals surface area contributed by atoms with E-state index in [1.54, 1.807) is 6.07 Å². The maximum Gasteiger partial charge on any atom is 0.281 e. The van der Waals surface area contributed by atoms with E-state index < -0.39 is 25.6 Å². The largest absolute Gasteiger partial charge is 0.308 e. The van der Waals surface area contributed by atoms with Crippen LogP contribution < -0.4 is 5.56 Å². The van der Waals surface area contributed by atoms with Crippen molar-refractivity contribution in [1.29, 1.82) is 0 Å². The molecule has 206 valence electrons. The topological polar surface area (TPSA) is 151 Å². The summed E-state index contributed by atoms with van der Waals surface area (Å²) in [5, 5.41) is 8.62. The molecule has 3 heterocycles. The molecule has 0 spiro atoms. The van der Waals surface area contributed by atoms with Crippen LogP contribution in [0.5, 0.6) is 0 Å². The summed E-state index contributed by atoms with van der Waals surface area (Å²) in [5.74, 6) is 0.273. The van der Waals surface area contributed by atoms with Crippen LogP contribution in [0.15, 0.2) is 63.1 Å². The number of fused-ring (bicyclic) bond motifs is 1. The van der Waals surface area contributed by atoms with Crippen LogP contribution in [0.1, 0.15) is 30.1 Å². The minimum Gasteiger partial charge on any atom is -0.308 e. The lowest BCUT2D eigenvalue weighted by Crippen LogP contribution is -2.38. The third-order valence-electron chi connectivity index (χ3n) is 6.75. The minimum atomic E-state index is -3.83. The van der Waals surface area contributed by atoms with Crippen molar-refractivity contribution in [2.75, 3.05) is 27.2 Å². The molecule has 5 rings (SSSR count). The van der Waals surface area contributed by atoms with Gasteiger partial charge >= 0.3 is 0 Å². The number of hydrogen-bond donors (Lipinski definition) is 1. The van der Waals surface area contributed by atoms with Gasteiger partial charge in [-0.3, -0.25) is 4.79 Å². The molecule has 15 heteroatoms. The Hall–Kier alpha value is -3.17. The fraction of sp³-hybridized carbons (Fsp3) is 0.333. The predicted octanol–water partition coefficient (Wildman–Crippen LogP) is 2.03. The van der Waals surface area contributed by atoms with E-state index in [1.165, 1.54) is 47.3 Å². The predicted molar refractivity (Wildman–Crippen MR) is 145 cm³/mol. The zero-order valence-electron chi connectivity index (χ0n) is 21.2. The normalized spacial score (nSPS) is 15.8. The van der Waals surface area contributed by atoms with E-state index in [0.29, 0.717) is 29.3 Å². The Kier molecular flexibility index (Phi) is 7.33. The van der Waals surface area contributed by atoms with E-state index in [1.807, 2.05) is 18.2 Å². The summed E-state index contributed by atoms with van der Waals surface area (Å²) in [6.45, 7) is 0.713. The van der Waals surface area contributed by atoms with E-state index in [4.69, 9.17) is 11.6 Å². The van der Waals surface area contributed by atoms with Gasteiger partial charge in [-0.15, -0.1) is 5.10 Å². The van der Waals surface area contributed by atoms with Crippen LogP contribution in [0, 0.1) is 0 Å². The Morgan fingerprint density at radius 3 is 2.28 bits per heavy atom.